The fraction of sp³-hybridized carbons (Fsp3) is 0.429. The average molecular weight is 604 g/mol. The summed E-state index contributed by atoms with van der Waals surface area (Å²) in [5.74, 6) is -1.60. The van der Waals surface area contributed by atoms with Crippen molar-refractivity contribution in [3.63, 3.8) is 0 Å². The third-order valence-electron chi connectivity index (χ3n) is 6.21. The predicted molar refractivity (Wildman–Crippen MR) is 140 cm³/mol. The second-order valence-electron chi connectivity index (χ2n) is 9.12. The first kappa shape index (κ1) is 29.4. The molecule has 3 heterocycles. The lowest BCUT2D eigenvalue weighted by Crippen LogP contribution is -2.30. The fourth-order valence-corrected chi connectivity index (χ4v) is 8.19. The van der Waals surface area contributed by atoms with Crippen LogP contribution >= 0.6 is 26.6 Å². The van der Waals surface area contributed by atoms with E-state index in [0.29, 0.717) is 16.6 Å². The van der Waals surface area contributed by atoms with Crippen LogP contribution < -0.4 is 5.32 Å². The van der Waals surface area contributed by atoms with Crippen LogP contribution in [0.4, 0.5) is 10.1 Å². The van der Waals surface area contributed by atoms with Crippen LogP contribution in [0.3, 0.4) is 0 Å². The SMILES string of the molecule is C[C@H](Nc1cc(Cl)nc2c1cnn2[C@@H]1O[C@H](CCP(=O)(O)CP(=O)(O)O)[C@@H](O)[C@H]1N=[N+]=[N-])c1ccccc1F. The molecule has 6 atom stereocenters. The molecule has 1 saturated heterocycles. The molecule has 0 aliphatic carbocycles. The highest BCUT2D eigenvalue weighted by Gasteiger charge is 2.46. The number of benzene rings is 1. The molecule has 0 saturated carbocycles. The minimum atomic E-state index is -4.75. The second kappa shape index (κ2) is 11.5. The first-order valence-electron chi connectivity index (χ1n) is 11.6. The molecule has 1 fully saturated rings. The first-order valence-corrected chi connectivity index (χ1v) is 15.8. The molecule has 0 bridgehead atoms. The Morgan fingerprint density at radius 2 is 2.05 bits per heavy atom. The molecule has 4 rings (SSSR count). The van der Waals surface area contributed by atoms with Gasteiger partial charge in [0.05, 0.1) is 35.5 Å². The summed E-state index contributed by atoms with van der Waals surface area (Å²) in [6.45, 7) is 1.76. The number of azide groups is 1. The van der Waals surface area contributed by atoms with Gasteiger partial charge in [-0.3, -0.25) is 9.13 Å². The van der Waals surface area contributed by atoms with Gasteiger partial charge in [-0.05, 0) is 31.0 Å². The van der Waals surface area contributed by atoms with Crippen molar-refractivity contribution in [3.8, 4) is 0 Å². The van der Waals surface area contributed by atoms with Gasteiger partial charge in [-0.25, -0.2) is 14.1 Å². The van der Waals surface area contributed by atoms with E-state index in [1.165, 1.54) is 23.0 Å². The van der Waals surface area contributed by atoms with E-state index in [1.807, 2.05) is 0 Å². The fourth-order valence-electron chi connectivity index (χ4n) is 4.47. The Hall–Kier alpha value is -2.57. The smallest absolute Gasteiger partial charge is 0.335 e. The summed E-state index contributed by atoms with van der Waals surface area (Å²) in [6, 6.07) is 6.11. The summed E-state index contributed by atoms with van der Waals surface area (Å²) in [5, 5.41) is 22.4. The van der Waals surface area contributed by atoms with Gasteiger partial charge in [0.25, 0.3) is 0 Å². The topological polar surface area (TPSA) is 216 Å². The van der Waals surface area contributed by atoms with Crippen molar-refractivity contribution >= 4 is 43.3 Å². The third-order valence-corrected chi connectivity index (χ3v) is 10.6. The zero-order valence-corrected chi connectivity index (χ0v) is 22.9. The number of nitrogens with one attached hydrogen (secondary N) is 1. The molecule has 0 radical (unpaired) electrons. The molecule has 3 aromatic rings. The van der Waals surface area contributed by atoms with Crippen molar-refractivity contribution in [1.82, 2.24) is 14.8 Å². The van der Waals surface area contributed by atoms with Crippen LogP contribution in [0.2, 0.25) is 5.15 Å². The van der Waals surface area contributed by atoms with E-state index in [1.54, 1.807) is 25.1 Å². The Morgan fingerprint density at radius 3 is 2.72 bits per heavy atom. The highest BCUT2D eigenvalue weighted by atomic mass is 35.5. The maximum atomic E-state index is 14.3. The van der Waals surface area contributed by atoms with Crippen LogP contribution in [0.5, 0.6) is 0 Å². The number of rotatable bonds is 10. The number of anilines is 1. The van der Waals surface area contributed by atoms with Crippen molar-refractivity contribution in [2.24, 2.45) is 5.11 Å². The van der Waals surface area contributed by atoms with Gasteiger partial charge < -0.3 is 29.8 Å². The minimum Gasteiger partial charge on any atom is -0.390 e. The van der Waals surface area contributed by atoms with Gasteiger partial charge >= 0.3 is 7.60 Å². The lowest BCUT2D eigenvalue weighted by molar-refractivity contribution is -0.0241. The maximum absolute atomic E-state index is 14.3. The monoisotopic (exact) mass is 603 g/mol. The van der Waals surface area contributed by atoms with E-state index in [-0.39, 0.29) is 17.2 Å². The number of hydrogen-bond donors (Lipinski definition) is 5. The Bertz CT molecular complexity index is 1520. The minimum absolute atomic E-state index is 0.0570. The van der Waals surface area contributed by atoms with E-state index in [0.717, 1.165) is 0 Å². The van der Waals surface area contributed by atoms with E-state index in [9.17, 15) is 23.5 Å². The number of fused-ring (bicyclic) bond motifs is 1. The third kappa shape index (κ3) is 6.78. The zero-order valence-electron chi connectivity index (χ0n) is 20.3. The van der Waals surface area contributed by atoms with Crippen molar-refractivity contribution in [1.29, 1.82) is 0 Å². The van der Waals surface area contributed by atoms with Crippen molar-refractivity contribution in [2.45, 2.75) is 43.9 Å². The number of hydrogen-bond acceptors (Lipinski definition) is 8. The zero-order chi connectivity index (χ0) is 28.5. The van der Waals surface area contributed by atoms with Crippen LogP contribution in [0.1, 0.15) is 31.2 Å². The maximum Gasteiger partial charge on any atom is 0.335 e. The van der Waals surface area contributed by atoms with Gasteiger partial charge in [-0.2, -0.15) is 5.10 Å². The lowest BCUT2D eigenvalue weighted by Gasteiger charge is -2.19. The van der Waals surface area contributed by atoms with Gasteiger partial charge in [-0.15, -0.1) is 0 Å². The quantitative estimate of drug-likeness (QED) is 0.0733. The summed E-state index contributed by atoms with van der Waals surface area (Å²) in [6.07, 6.45) is -3.13. The highest BCUT2D eigenvalue weighted by Crippen LogP contribution is 2.55. The van der Waals surface area contributed by atoms with Gasteiger partial charge in [-0.1, -0.05) is 34.9 Å². The summed E-state index contributed by atoms with van der Waals surface area (Å²) in [7, 11) is -9.00. The van der Waals surface area contributed by atoms with Crippen LogP contribution in [-0.2, 0) is 13.9 Å². The van der Waals surface area contributed by atoms with Crippen LogP contribution in [0, 0.1) is 5.82 Å². The van der Waals surface area contributed by atoms with E-state index < -0.39 is 63.4 Å². The Labute approximate surface area is 226 Å². The molecule has 2 aromatic heterocycles. The molecule has 1 unspecified atom stereocenters. The number of ether oxygens (including phenoxy) is 1. The first-order chi connectivity index (χ1) is 18.3. The molecule has 0 spiro atoms. The normalized spacial score (nSPS) is 23.8. The summed E-state index contributed by atoms with van der Waals surface area (Å²) >= 11 is 6.27. The molecule has 1 aromatic carbocycles. The standard InChI is InChI=1S/C21H25ClFN7O7P2/c1-11(12-4-2-3-5-14(12)23)26-15-8-17(22)27-20-13(15)9-25-30(20)21-18(28-29-24)19(31)16(37-21)6-7-38(32,33)10-39(34,35)36/h2-5,8-9,11,16,18-19,21,31H,6-7,10H2,1H3,(H,26,27)(H,32,33)(H2,34,35,36)/t11-,16+,18+,19+,21+/m0/s1. The molecular weight excluding hydrogens is 579 g/mol. The Kier molecular flexibility index (Phi) is 8.67. The molecule has 0 amide bonds. The van der Waals surface area contributed by atoms with Crippen molar-refractivity contribution < 1.29 is 38.0 Å². The lowest BCUT2D eigenvalue weighted by atomic mass is 10.1. The largest absolute Gasteiger partial charge is 0.390 e. The summed E-state index contributed by atoms with van der Waals surface area (Å²) in [4.78, 5) is 35.1. The summed E-state index contributed by atoms with van der Waals surface area (Å²) < 4.78 is 44.8. The van der Waals surface area contributed by atoms with Crippen LogP contribution in [0.15, 0.2) is 41.6 Å². The van der Waals surface area contributed by atoms with E-state index in [2.05, 4.69) is 25.4 Å². The molecule has 39 heavy (non-hydrogen) atoms. The number of nitrogens with zero attached hydrogens (tertiary/aromatic N) is 6. The van der Waals surface area contributed by atoms with Gasteiger partial charge in [0.15, 0.2) is 11.9 Å². The van der Waals surface area contributed by atoms with Crippen molar-refractivity contribution in [3.05, 3.63) is 63.5 Å². The summed E-state index contributed by atoms with van der Waals surface area (Å²) in [5.41, 5.74) is 10.2. The number of aliphatic hydroxyl groups excluding tert-OH is 1. The van der Waals surface area contributed by atoms with E-state index >= 15 is 0 Å². The number of halogens is 2. The molecular formula is C21H25ClFN7O7P2. The Balaban J connectivity index is 1.62. The Morgan fingerprint density at radius 1 is 1.33 bits per heavy atom. The number of pyridine rings is 1. The molecule has 18 heteroatoms. The van der Waals surface area contributed by atoms with Gasteiger partial charge in [0, 0.05) is 16.6 Å². The molecule has 5 N–H and O–H groups in total. The van der Waals surface area contributed by atoms with Crippen LogP contribution in [-0.4, -0.2) is 64.9 Å². The highest BCUT2D eigenvalue weighted by molar-refractivity contribution is 7.72. The molecule has 14 nitrogen and oxygen atoms in total. The molecule has 210 valence electrons. The van der Waals surface area contributed by atoms with Crippen LogP contribution in [0.25, 0.3) is 21.5 Å². The molecule has 1 aliphatic rings. The van der Waals surface area contributed by atoms with E-state index in [4.69, 9.17) is 31.7 Å². The predicted octanol–water partition coefficient (Wildman–Crippen LogP) is 4.13. The average Bonchev–Trinajstić information content (AvgIpc) is 3.38. The van der Waals surface area contributed by atoms with Crippen molar-refractivity contribution in [2.75, 3.05) is 17.4 Å². The number of aromatic nitrogens is 3. The van der Waals surface area contributed by atoms with Gasteiger partial charge in [0.1, 0.15) is 22.9 Å². The van der Waals surface area contributed by atoms with Gasteiger partial charge in [0.2, 0.25) is 7.37 Å². The second-order valence-corrected chi connectivity index (χ2v) is 14.1. The number of aliphatic hydroxyl groups is 1. The molecule has 1 aliphatic heterocycles.